The second-order valence-electron chi connectivity index (χ2n) is 5.44. The summed E-state index contributed by atoms with van der Waals surface area (Å²) in [7, 11) is 1.89. The van der Waals surface area contributed by atoms with Gasteiger partial charge in [0.2, 0.25) is 5.91 Å². The van der Waals surface area contributed by atoms with Crippen LogP contribution < -0.4 is 10.6 Å². The first-order valence-electron chi connectivity index (χ1n) is 6.98. The van der Waals surface area contributed by atoms with Gasteiger partial charge in [-0.05, 0) is 38.1 Å². The summed E-state index contributed by atoms with van der Waals surface area (Å²) in [5.41, 5.74) is -0.0123. The molecule has 1 aromatic rings. The van der Waals surface area contributed by atoms with Gasteiger partial charge in [0.1, 0.15) is 5.82 Å². The molecule has 0 atom stereocenters. The van der Waals surface area contributed by atoms with Crippen molar-refractivity contribution in [3.05, 3.63) is 29.0 Å². The lowest BCUT2D eigenvalue weighted by molar-refractivity contribution is -0.118. The number of hydrogen-bond acceptors (Lipinski definition) is 2. The molecule has 1 saturated carbocycles. The van der Waals surface area contributed by atoms with Crippen LogP contribution in [0.15, 0.2) is 18.2 Å². The van der Waals surface area contributed by atoms with Crippen LogP contribution in [0.3, 0.4) is 0 Å². The van der Waals surface area contributed by atoms with Crippen molar-refractivity contribution >= 4 is 23.2 Å². The number of carbonyl (C=O) groups excluding carboxylic acids is 1. The molecule has 0 heterocycles. The Hall–Kier alpha value is -1.13. The van der Waals surface area contributed by atoms with Crippen molar-refractivity contribution in [1.82, 2.24) is 5.32 Å². The number of hydrogen-bond donors (Lipinski definition) is 2. The number of benzene rings is 1. The molecule has 2 rings (SSSR count). The van der Waals surface area contributed by atoms with Gasteiger partial charge >= 0.3 is 0 Å². The van der Waals surface area contributed by atoms with Gasteiger partial charge in [0, 0.05) is 17.0 Å². The Kier molecular flexibility index (Phi) is 5.00. The van der Waals surface area contributed by atoms with Gasteiger partial charge in [-0.1, -0.05) is 30.9 Å². The van der Waals surface area contributed by atoms with E-state index in [1.165, 1.54) is 24.6 Å². The van der Waals surface area contributed by atoms with E-state index in [2.05, 4.69) is 10.6 Å². The normalized spacial score (nSPS) is 17.8. The number of anilines is 1. The molecule has 0 saturated heterocycles. The molecule has 0 radical (unpaired) electrons. The Balaban J connectivity index is 2.02. The first-order chi connectivity index (χ1) is 9.54. The zero-order chi connectivity index (χ0) is 14.6. The fourth-order valence-corrected chi connectivity index (χ4v) is 3.01. The summed E-state index contributed by atoms with van der Waals surface area (Å²) in [5, 5.41) is 6.30. The lowest BCUT2D eigenvalue weighted by Gasteiger charge is -2.36. The Labute approximate surface area is 123 Å². The maximum Gasteiger partial charge on any atom is 0.226 e. The summed E-state index contributed by atoms with van der Waals surface area (Å²) < 4.78 is 13.6. The fraction of sp³-hybridized carbons (Fsp3) is 0.533. The highest BCUT2D eigenvalue weighted by atomic mass is 35.5. The Morgan fingerprint density at radius 3 is 2.70 bits per heavy atom. The molecule has 1 aromatic carbocycles. The van der Waals surface area contributed by atoms with E-state index in [9.17, 15) is 9.18 Å². The number of nitrogens with one attached hydrogen (secondary N) is 2. The van der Waals surface area contributed by atoms with Gasteiger partial charge < -0.3 is 10.6 Å². The van der Waals surface area contributed by atoms with Crippen LogP contribution in [-0.4, -0.2) is 18.5 Å². The summed E-state index contributed by atoms with van der Waals surface area (Å²) in [6, 6.07) is 4.15. The van der Waals surface area contributed by atoms with Gasteiger partial charge in [0.15, 0.2) is 0 Å². The number of halogens is 2. The molecule has 0 spiro atoms. The highest BCUT2D eigenvalue weighted by Crippen LogP contribution is 2.31. The predicted octanol–water partition coefficient (Wildman–Crippen LogP) is 3.73. The molecule has 1 aliphatic rings. The monoisotopic (exact) mass is 298 g/mol. The third kappa shape index (κ3) is 3.70. The van der Waals surface area contributed by atoms with Crippen LogP contribution in [0.1, 0.15) is 38.5 Å². The lowest BCUT2D eigenvalue weighted by atomic mass is 9.79. The maximum atomic E-state index is 13.6. The molecule has 1 amide bonds. The maximum absolute atomic E-state index is 13.6. The van der Waals surface area contributed by atoms with Gasteiger partial charge in [0.25, 0.3) is 0 Å². The highest BCUT2D eigenvalue weighted by Gasteiger charge is 2.32. The van der Waals surface area contributed by atoms with Gasteiger partial charge in [-0.3, -0.25) is 4.79 Å². The van der Waals surface area contributed by atoms with E-state index in [0.717, 1.165) is 25.7 Å². The van der Waals surface area contributed by atoms with Gasteiger partial charge in [-0.25, -0.2) is 4.39 Å². The average Bonchev–Trinajstić information content (AvgIpc) is 2.44. The Morgan fingerprint density at radius 2 is 2.05 bits per heavy atom. The van der Waals surface area contributed by atoms with Crippen LogP contribution in [0.5, 0.6) is 0 Å². The van der Waals surface area contributed by atoms with Crippen molar-refractivity contribution < 1.29 is 9.18 Å². The van der Waals surface area contributed by atoms with Crippen molar-refractivity contribution in [1.29, 1.82) is 0 Å². The van der Waals surface area contributed by atoms with E-state index in [-0.39, 0.29) is 17.1 Å². The molecule has 5 heteroatoms. The van der Waals surface area contributed by atoms with Crippen molar-refractivity contribution in [2.24, 2.45) is 0 Å². The molecule has 110 valence electrons. The molecule has 0 aromatic heterocycles. The smallest absolute Gasteiger partial charge is 0.226 e. The summed E-state index contributed by atoms with van der Waals surface area (Å²) in [5.74, 6) is -0.646. The van der Waals surface area contributed by atoms with Crippen molar-refractivity contribution in [2.45, 2.75) is 44.1 Å². The van der Waals surface area contributed by atoms with Crippen LogP contribution in [-0.2, 0) is 4.79 Å². The first-order valence-corrected chi connectivity index (χ1v) is 7.36. The molecular weight excluding hydrogens is 279 g/mol. The molecule has 3 nitrogen and oxygen atoms in total. The molecule has 0 aliphatic heterocycles. The molecular formula is C15H20ClFN2O. The fourth-order valence-electron chi connectivity index (χ4n) is 2.84. The van der Waals surface area contributed by atoms with Crippen LogP contribution in [0.25, 0.3) is 0 Å². The molecule has 1 fully saturated rings. The number of carbonyl (C=O) groups is 1. The molecule has 20 heavy (non-hydrogen) atoms. The van der Waals surface area contributed by atoms with Gasteiger partial charge in [-0.15, -0.1) is 0 Å². The summed E-state index contributed by atoms with van der Waals surface area (Å²) >= 11 is 5.82. The zero-order valence-electron chi connectivity index (χ0n) is 11.6. The molecule has 1 aliphatic carbocycles. The quantitative estimate of drug-likeness (QED) is 0.889. The molecule has 0 bridgehead atoms. The third-order valence-electron chi connectivity index (χ3n) is 4.04. The van der Waals surface area contributed by atoms with Crippen LogP contribution in [0.2, 0.25) is 5.02 Å². The van der Waals surface area contributed by atoms with Gasteiger partial charge in [0.05, 0.1) is 5.69 Å². The minimum absolute atomic E-state index is 0.143. The van der Waals surface area contributed by atoms with Crippen molar-refractivity contribution in [2.75, 3.05) is 12.4 Å². The van der Waals surface area contributed by atoms with E-state index in [1.54, 1.807) is 0 Å². The first kappa shape index (κ1) is 15.3. The predicted molar refractivity (Wildman–Crippen MR) is 79.5 cm³/mol. The highest BCUT2D eigenvalue weighted by molar-refractivity contribution is 6.30. The van der Waals surface area contributed by atoms with Crippen LogP contribution in [0.4, 0.5) is 10.1 Å². The zero-order valence-corrected chi connectivity index (χ0v) is 12.4. The van der Waals surface area contributed by atoms with E-state index in [4.69, 9.17) is 11.6 Å². The topological polar surface area (TPSA) is 41.1 Å². The summed E-state index contributed by atoms with van der Waals surface area (Å²) in [4.78, 5) is 12.1. The lowest BCUT2D eigenvalue weighted by Crippen LogP contribution is -2.47. The SMILES string of the molecule is CNC1(CC(=O)Nc2cc(Cl)ccc2F)CCCCC1. The molecule has 2 N–H and O–H groups in total. The summed E-state index contributed by atoms with van der Waals surface area (Å²) in [6.07, 6.45) is 5.78. The van der Waals surface area contributed by atoms with Crippen molar-refractivity contribution in [3.63, 3.8) is 0 Å². The van der Waals surface area contributed by atoms with Gasteiger partial charge in [-0.2, -0.15) is 0 Å². The average molecular weight is 299 g/mol. The minimum atomic E-state index is -0.468. The standard InChI is InChI=1S/C15H20ClFN2O/c1-18-15(7-3-2-4-8-15)10-14(20)19-13-9-11(16)5-6-12(13)17/h5-6,9,18H,2-4,7-8,10H2,1H3,(H,19,20). The molecule has 0 unspecified atom stereocenters. The van der Waals surface area contributed by atoms with E-state index in [0.29, 0.717) is 11.4 Å². The second kappa shape index (κ2) is 6.55. The van der Waals surface area contributed by atoms with Crippen LogP contribution in [0, 0.1) is 5.82 Å². The summed E-state index contributed by atoms with van der Waals surface area (Å²) in [6.45, 7) is 0. The van der Waals surface area contributed by atoms with E-state index < -0.39 is 5.82 Å². The number of amides is 1. The Morgan fingerprint density at radius 1 is 1.35 bits per heavy atom. The largest absolute Gasteiger partial charge is 0.323 e. The van der Waals surface area contributed by atoms with E-state index in [1.807, 2.05) is 7.05 Å². The third-order valence-corrected chi connectivity index (χ3v) is 4.28. The number of rotatable bonds is 4. The van der Waals surface area contributed by atoms with Crippen molar-refractivity contribution in [3.8, 4) is 0 Å². The Bertz CT molecular complexity index is 487. The van der Waals surface area contributed by atoms with E-state index >= 15 is 0 Å². The second-order valence-corrected chi connectivity index (χ2v) is 5.88. The minimum Gasteiger partial charge on any atom is -0.323 e. The van der Waals surface area contributed by atoms with Crippen LogP contribution >= 0.6 is 11.6 Å².